The van der Waals surface area contributed by atoms with Crippen LogP contribution in [0.15, 0.2) is 28.8 Å². The summed E-state index contributed by atoms with van der Waals surface area (Å²) < 4.78 is 5.04. The van der Waals surface area contributed by atoms with Crippen LogP contribution in [0.25, 0.3) is 11.1 Å². The smallest absolute Gasteiger partial charge is 0.210 e. The normalized spacial score (nSPS) is 10.4. The number of ketones is 1. The molecule has 3 heteroatoms. The van der Waals surface area contributed by atoms with Crippen molar-refractivity contribution in [2.45, 2.75) is 20.8 Å². The van der Waals surface area contributed by atoms with Crippen molar-refractivity contribution in [2.75, 3.05) is 0 Å². The minimum atomic E-state index is -0.101. The highest BCUT2D eigenvalue weighted by atomic mass is 16.5. The van der Waals surface area contributed by atoms with Gasteiger partial charge in [0.05, 0.1) is 11.3 Å². The molecule has 0 N–H and O–H groups in total. The van der Waals surface area contributed by atoms with Gasteiger partial charge in [0.15, 0.2) is 5.78 Å². The highest BCUT2D eigenvalue weighted by Crippen LogP contribution is 2.27. The molecule has 82 valence electrons. The van der Waals surface area contributed by atoms with Crippen molar-refractivity contribution >= 4 is 5.78 Å². The zero-order valence-electron chi connectivity index (χ0n) is 9.57. The van der Waals surface area contributed by atoms with E-state index in [2.05, 4.69) is 5.16 Å². The van der Waals surface area contributed by atoms with Gasteiger partial charge in [-0.25, -0.2) is 0 Å². The lowest BCUT2D eigenvalue weighted by Gasteiger charge is -2.01. The van der Waals surface area contributed by atoms with Crippen LogP contribution in [0.5, 0.6) is 0 Å². The highest BCUT2D eigenvalue weighted by molar-refractivity contribution is 5.98. The Morgan fingerprint density at radius 3 is 2.38 bits per heavy atom. The van der Waals surface area contributed by atoms with Crippen molar-refractivity contribution in [2.24, 2.45) is 0 Å². The molecule has 0 unspecified atom stereocenters. The van der Waals surface area contributed by atoms with Crippen molar-refractivity contribution in [3.05, 3.63) is 41.3 Å². The SMILES string of the molecule is CC(=O)c1onc(C)c1-c1ccc(C)cc1. The van der Waals surface area contributed by atoms with Crippen molar-refractivity contribution in [3.8, 4) is 11.1 Å². The Morgan fingerprint density at radius 2 is 1.81 bits per heavy atom. The van der Waals surface area contributed by atoms with Gasteiger partial charge in [0.25, 0.3) is 0 Å². The third-order valence-electron chi connectivity index (χ3n) is 2.52. The molecule has 0 saturated heterocycles. The highest BCUT2D eigenvalue weighted by Gasteiger charge is 2.17. The molecule has 3 nitrogen and oxygen atoms in total. The molecule has 1 aromatic carbocycles. The number of aryl methyl sites for hydroxylation is 2. The molecule has 2 aromatic rings. The third-order valence-corrected chi connectivity index (χ3v) is 2.52. The van der Waals surface area contributed by atoms with E-state index in [1.807, 2.05) is 38.1 Å². The van der Waals surface area contributed by atoms with Gasteiger partial charge >= 0.3 is 0 Å². The predicted molar refractivity (Wildman–Crippen MR) is 61.4 cm³/mol. The summed E-state index contributed by atoms with van der Waals surface area (Å²) in [4.78, 5) is 11.4. The first-order valence-corrected chi connectivity index (χ1v) is 5.14. The summed E-state index contributed by atoms with van der Waals surface area (Å²) in [7, 11) is 0. The molecular weight excluding hydrogens is 202 g/mol. The molecule has 1 aromatic heterocycles. The fourth-order valence-electron chi connectivity index (χ4n) is 1.67. The molecule has 0 aliphatic carbocycles. The van der Waals surface area contributed by atoms with E-state index in [0.29, 0.717) is 5.76 Å². The van der Waals surface area contributed by atoms with Crippen molar-refractivity contribution in [1.82, 2.24) is 5.16 Å². The summed E-state index contributed by atoms with van der Waals surface area (Å²) in [6.07, 6.45) is 0. The molecular formula is C13H13NO2. The molecule has 0 fully saturated rings. The lowest BCUT2D eigenvalue weighted by atomic mass is 10.0. The van der Waals surface area contributed by atoms with Crippen LogP contribution < -0.4 is 0 Å². The number of benzene rings is 1. The van der Waals surface area contributed by atoms with Gasteiger partial charge in [0.2, 0.25) is 5.76 Å². The maximum absolute atomic E-state index is 11.4. The van der Waals surface area contributed by atoms with E-state index in [9.17, 15) is 4.79 Å². The monoisotopic (exact) mass is 215 g/mol. The van der Waals surface area contributed by atoms with E-state index >= 15 is 0 Å². The summed E-state index contributed by atoms with van der Waals surface area (Å²) in [6.45, 7) is 5.35. The summed E-state index contributed by atoms with van der Waals surface area (Å²) in [5, 5.41) is 3.84. The number of carbonyl (C=O) groups is 1. The van der Waals surface area contributed by atoms with E-state index in [1.165, 1.54) is 12.5 Å². The second-order valence-electron chi connectivity index (χ2n) is 3.89. The van der Waals surface area contributed by atoms with Gasteiger partial charge in [-0.1, -0.05) is 35.0 Å². The van der Waals surface area contributed by atoms with Gasteiger partial charge in [-0.2, -0.15) is 0 Å². The molecule has 0 amide bonds. The second kappa shape index (κ2) is 3.93. The minimum absolute atomic E-state index is 0.101. The van der Waals surface area contributed by atoms with Gasteiger partial charge < -0.3 is 4.52 Å². The van der Waals surface area contributed by atoms with Crippen molar-refractivity contribution in [3.63, 3.8) is 0 Å². The molecule has 0 spiro atoms. The first-order valence-electron chi connectivity index (χ1n) is 5.14. The molecule has 0 bridgehead atoms. The Labute approximate surface area is 94.1 Å². The fraction of sp³-hybridized carbons (Fsp3) is 0.231. The quantitative estimate of drug-likeness (QED) is 0.723. The molecule has 0 aliphatic rings. The van der Waals surface area contributed by atoms with Crippen LogP contribution in [-0.4, -0.2) is 10.9 Å². The molecule has 0 atom stereocenters. The molecule has 2 rings (SSSR count). The molecule has 0 radical (unpaired) electrons. The standard InChI is InChI=1S/C13H13NO2/c1-8-4-6-11(7-5-8)12-9(2)14-16-13(12)10(3)15/h4-7H,1-3H3. The van der Waals surface area contributed by atoms with Gasteiger partial charge in [-0.15, -0.1) is 0 Å². The summed E-state index contributed by atoms with van der Waals surface area (Å²) in [5.74, 6) is 0.234. The first-order chi connectivity index (χ1) is 7.59. The maximum atomic E-state index is 11.4. The van der Waals surface area contributed by atoms with Crippen molar-refractivity contribution in [1.29, 1.82) is 0 Å². The van der Waals surface area contributed by atoms with Crippen LogP contribution in [0.4, 0.5) is 0 Å². The molecule has 0 aliphatic heterocycles. The summed E-state index contributed by atoms with van der Waals surface area (Å²) in [5.41, 5.74) is 3.69. The zero-order chi connectivity index (χ0) is 11.7. The van der Waals surface area contributed by atoms with Crippen molar-refractivity contribution < 1.29 is 9.32 Å². The van der Waals surface area contributed by atoms with Crippen LogP contribution in [0.3, 0.4) is 0 Å². The van der Waals surface area contributed by atoms with E-state index in [1.54, 1.807) is 0 Å². The number of rotatable bonds is 2. The molecule has 0 saturated carbocycles. The van der Waals surface area contributed by atoms with Gasteiger partial charge in [-0.05, 0) is 19.4 Å². The number of hydrogen-bond acceptors (Lipinski definition) is 3. The first kappa shape index (κ1) is 10.6. The second-order valence-corrected chi connectivity index (χ2v) is 3.89. The molecule has 16 heavy (non-hydrogen) atoms. The average Bonchev–Trinajstić information content (AvgIpc) is 2.62. The Morgan fingerprint density at radius 1 is 1.19 bits per heavy atom. The average molecular weight is 215 g/mol. The number of carbonyl (C=O) groups excluding carboxylic acids is 1. The maximum Gasteiger partial charge on any atom is 0.210 e. The largest absolute Gasteiger partial charge is 0.352 e. The van der Waals surface area contributed by atoms with Crippen LogP contribution in [0.2, 0.25) is 0 Å². The topological polar surface area (TPSA) is 43.1 Å². The van der Waals surface area contributed by atoms with E-state index in [-0.39, 0.29) is 5.78 Å². The summed E-state index contributed by atoms with van der Waals surface area (Å²) in [6, 6.07) is 7.96. The Hall–Kier alpha value is -1.90. The third kappa shape index (κ3) is 1.76. The fourth-order valence-corrected chi connectivity index (χ4v) is 1.67. The zero-order valence-corrected chi connectivity index (χ0v) is 9.57. The lowest BCUT2D eigenvalue weighted by molar-refractivity contribution is 0.0979. The van der Waals surface area contributed by atoms with Crippen LogP contribution in [-0.2, 0) is 0 Å². The number of hydrogen-bond donors (Lipinski definition) is 0. The van der Waals surface area contributed by atoms with E-state index in [4.69, 9.17) is 4.52 Å². The van der Waals surface area contributed by atoms with Crippen LogP contribution in [0, 0.1) is 13.8 Å². The Kier molecular flexibility index (Phi) is 2.60. The Balaban J connectivity index is 2.58. The van der Waals surface area contributed by atoms with E-state index in [0.717, 1.165) is 16.8 Å². The number of aromatic nitrogens is 1. The Bertz CT molecular complexity index is 523. The van der Waals surface area contributed by atoms with Gasteiger partial charge in [0, 0.05) is 6.92 Å². The number of nitrogens with zero attached hydrogens (tertiary/aromatic N) is 1. The summed E-state index contributed by atoms with van der Waals surface area (Å²) >= 11 is 0. The van der Waals surface area contributed by atoms with E-state index < -0.39 is 0 Å². The predicted octanol–water partition coefficient (Wildman–Crippen LogP) is 3.16. The molecule has 1 heterocycles. The van der Waals surface area contributed by atoms with Gasteiger partial charge in [0.1, 0.15) is 0 Å². The van der Waals surface area contributed by atoms with Crippen LogP contribution in [0.1, 0.15) is 28.7 Å². The minimum Gasteiger partial charge on any atom is -0.352 e. The van der Waals surface area contributed by atoms with Crippen LogP contribution >= 0.6 is 0 Å². The van der Waals surface area contributed by atoms with Gasteiger partial charge in [-0.3, -0.25) is 4.79 Å². The number of Topliss-reactive ketones (excluding diaryl/α,β-unsaturated/α-hetero) is 1. The lowest BCUT2D eigenvalue weighted by Crippen LogP contribution is -1.92.